The molecule has 2 fully saturated rings. The van der Waals surface area contributed by atoms with Crippen LogP contribution in [0, 0.1) is 23.3 Å². The summed E-state index contributed by atoms with van der Waals surface area (Å²) >= 11 is 0. The van der Waals surface area contributed by atoms with Crippen molar-refractivity contribution in [3.63, 3.8) is 0 Å². The Hall–Kier alpha value is -7.80. The van der Waals surface area contributed by atoms with Crippen LogP contribution in [0.1, 0.15) is 118 Å². The first-order chi connectivity index (χ1) is 41.8. The van der Waals surface area contributed by atoms with Gasteiger partial charge in [-0.2, -0.15) is 0 Å². The average Bonchev–Trinajstić information content (AvgIpc) is 0.788. The lowest BCUT2D eigenvalue weighted by Crippen LogP contribution is -2.70. The number of aliphatic hydroxyl groups excluding tert-OH is 4. The molecule has 2 aliphatic heterocycles. The molecule has 6 N–H and O–H groups in total. The molecule has 9 atom stereocenters. The monoisotopic (exact) mass is 1260 g/mol. The maximum atomic E-state index is 14.3. The number of halogens is 4. The van der Waals surface area contributed by atoms with Gasteiger partial charge in [0.15, 0.2) is 0 Å². The van der Waals surface area contributed by atoms with Crippen molar-refractivity contribution >= 4 is 36.2 Å². The van der Waals surface area contributed by atoms with Crippen molar-refractivity contribution in [2.45, 2.75) is 199 Å². The van der Waals surface area contributed by atoms with Gasteiger partial charge in [0.1, 0.15) is 70.0 Å². The van der Waals surface area contributed by atoms with Gasteiger partial charge >= 0.3 is 24.4 Å². The predicted octanol–water partition coefficient (Wildman–Crippen LogP) is 8.88. The number of nitrogens with zero attached hydrogens (tertiary/aromatic N) is 4. The number of amides is 6. The Bertz CT molecular complexity index is 3040. The lowest BCUT2D eigenvalue weighted by molar-refractivity contribution is -0.154. The minimum atomic E-state index is -1.87. The second kappa shape index (κ2) is 31.3. The van der Waals surface area contributed by atoms with Crippen molar-refractivity contribution in [2.75, 3.05) is 19.7 Å². The molecule has 0 bridgehead atoms. The van der Waals surface area contributed by atoms with Gasteiger partial charge in [-0.25, -0.2) is 36.7 Å². The maximum absolute atomic E-state index is 14.3. The summed E-state index contributed by atoms with van der Waals surface area (Å²) in [6.45, 7) is 23.2. The lowest BCUT2D eigenvalue weighted by Gasteiger charge is -2.48. The Balaban J connectivity index is 0.000000328. The minimum Gasteiger partial charge on any atom is -0.444 e. The second-order valence-electron chi connectivity index (χ2n) is 26.4. The Kier molecular flexibility index (Phi) is 25.4. The predicted molar refractivity (Wildman–Crippen MR) is 326 cm³/mol. The van der Waals surface area contributed by atoms with E-state index in [1.165, 1.54) is 14.7 Å². The van der Waals surface area contributed by atoms with E-state index in [0.29, 0.717) is 12.1 Å². The van der Waals surface area contributed by atoms with Crippen molar-refractivity contribution in [1.29, 1.82) is 0 Å². The molecule has 0 aliphatic carbocycles. The smallest absolute Gasteiger partial charge is 0.411 e. The number of hydrogen-bond donors (Lipinski definition) is 6. The summed E-state index contributed by atoms with van der Waals surface area (Å²) in [7, 11) is 0. The van der Waals surface area contributed by atoms with Gasteiger partial charge in [0.2, 0.25) is 11.8 Å². The van der Waals surface area contributed by atoms with Crippen LogP contribution in [0.2, 0.25) is 0 Å². The minimum absolute atomic E-state index is 0.0538. The van der Waals surface area contributed by atoms with E-state index in [1.54, 1.807) is 119 Å². The normalized spacial score (nSPS) is 19.1. The number of rotatable bonds is 19. The van der Waals surface area contributed by atoms with Crippen LogP contribution in [0.4, 0.5) is 36.7 Å². The summed E-state index contributed by atoms with van der Waals surface area (Å²) in [5.74, 6) is -4.77. The van der Waals surface area contributed by atoms with Gasteiger partial charge in [0.25, 0.3) is 0 Å². The van der Waals surface area contributed by atoms with Gasteiger partial charge in [-0.05, 0) is 155 Å². The molecule has 1 unspecified atom stereocenters. The molecule has 0 spiro atoms. The molecule has 24 heteroatoms. The van der Waals surface area contributed by atoms with Gasteiger partial charge in [0.05, 0.1) is 36.9 Å². The molecule has 0 saturated carbocycles. The Morgan fingerprint density at radius 3 is 1.20 bits per heavy atom. The van der Waals surface area contributed by atoms with Crippen molar-refractivity contribution in [3.8, 4) is 0 Å². The standard InChI is InChI=1S/C33H45F2N3O8.C33H43F2N3O6/c1-32(2,3)45-30(43)36-26(14-21-12-22(34)15-23(35)13-21)28(41)27-29(42)37(17-20-10-8-7-9-11-20)18-24(16-25(40)19-39)38(27)31(44)46-33(4,5)6;1-8-12-25-20-37(19-21-13-10-9-11-14-21)29(40)27(38(25)31(42)44-33(5,6)7)28(39)26(36-30(41)43-32(2,3)4)17-22-15-23(34)18-24(35)16-22/h7-13,15,24-28,39-41H,14,16-19H2,1-6H3,(H,36,43);8-11,13-16,18,25-28,39H,1,12,17,19-20H2,2-7H3,(H,36,41)/t24-,25?,26-,27-,28-;25-,26-,27-,28-/m00/s1. The highest BCUT2D eigenvalue weighted by molar-refractivity contribution is 5.89. The van der Waals surface area contributed by atoms with E-state index >= 15 is 0 Å². The number of alkyl carbamates (subject to hydrolysis) is 2. The van der Waals surface area contributed by atoms with Crippen molar-refractivity contribution in [3.05, 3.63) is 155 Å². The number of carbonyl (C=O) groups excluding carboxylic acids is 6. The summed E-state index contributed by atoms with van der Waals surface area (Å²) in [6.07, 6.45) is -7.58. The number of ether oxygens (including phenoxy) is 4. The van der Waals surface area contributed by atoms with Crippen molar-refractivity contribution in [1.82, 2.24) is 30.2 Å². The quantitative estimate of drug-likeness (QED) is 0.0291. The van der Waals surface area contributed by atoms with Gasteiger partial charge in [-0.15, -0.1) is 6.58 Å². The van der Waals surface area contributed by atoms with Crippen molar-refractivity contribution < 1.29 is 85.7 Å². The zero-order valence-electron chi connectivity index (χ0n) is 53.3. The topological polar surface area (TPSA) is 257 Å². The van der Waals surface area contributed by atoms with E-state index in [1.807, 2.05) is 30.3 Å². The summed E-state index contributed by atoms with van der Waals surface area (Å²) in [5.41, 5.74) is -2.07. The zero-order valence-corrected chi connectivity index (χ0v) is 53.3. The molecule has 494 valence electrons. The van der Waals surface area contributed by atoms with E-state index in [-0.39, 0.29) is 63.0 Å². The highest BCUT2D eigenvalue weighted by Crippen LogP contribution is 2.32. The molecule has 6 amide bonds. The first-order valence-corrected chi connectivity index (χ1v) is 29.7. The molecule has 2 saturated heterocycles. The molecule has 0 radical (unpaired) electrons. The Morgan fingerprint density at radius 1 is 0.544 bits per heavy atom. The van der Waals surface area contributed by atoms with Crippen LogP contribution in [0.25, 0.3) is 0 Å². The van der Waals surface area contributed by atoms with Crippen LogP contribution in [0.3, 0.4) is 0 Å². The van der Waals surface area contributed by atoms with E-state index in [2.05, 4.69) is 17.2 Å². The molecule has 4 aromatic rings. The molecule has 2 heterocycles. The van der Waals surface area contributed by atoms with E-state index in [9.17, 15) is 66.8 Å². The first-order valence-electron chi connectivity index (χ1n) is 29.7. The van der Waals surface area contributed by atoms with Crippen LogP contribution >= 0.6 is 0 Å². The van der Waals surface area contributed by atoms with Gasteiger partial charge in [-0.3, -0.25) is 19.4 Å². The molecule has 0 aromatic heterocycles. The number of nitrogens with one attached hydrogen (secondary N) is 2. The van der Waals surface area contributed by atoms with E-state index < -0.39 is 143 Å². The SMILES string of the molecule is C=CC[C@H]1CN(Cc2ccccc2)C(=O)[C@H]([C@@H](O)[C@H](Cc2cc(F)cc(F)c2)NC(=O)OC(C)(C)C)N1C(=O)OC(C)(C)C.CC(C)(C)OC(=O)N[C@@H](Cc1cc(F)cc(F)c1)[C@H](O)[C@H]1C(=O)N(Cc2ccccc2)C[C@H](CC(O)CO)N1C(=O)OC(C)(C)C. The molecule has 2 aliphatic rings. The third-order valence-electron chi connectivity index (χ3n) is 13.8. The van der Waals surface area contributed by atoms with Crippen LogP contribution in [-0.4, -0.2) is 173 Å². The maximum Gasteiger partial charge on any atom is 0.411 e. The van der Waals surface area contributed by atoms with E-state index in [4.69, 9.17) is 18.9 Å². The number of benzene rings is 4. The summed E-state index contributed by atoms with van der Waals surface area (Å²) in [6, 6.07) is 16.2. The molecular weight excluding hydrogens is 1180 g/mol. The molecule has 4 aromatic carbocycles. The highest BCUT2D eigenvalue weighted by atomic mass is 19.1. The lowest BCUT2D eigenvalue weighted by atomic mass is 9.90. The summed E-state index contributed by atoms with van der Waals surface area (Å²) in [4.78, 5) is 87.0. The van der Waals surface area contributed by atoms with Crippen molar-refractivity contribution in [2.24, 2.45) is 0 Å². The zero-order chi connectivity index (χ0) is 67.2. The summed E-state index contributed by atoms with van der Waals surface area (Å²) in [5, 5.41) is 49.2. The fourth-order valence-electron chi connectivity index (χ4n) is 10.4. The number of carbonyl (C=O) groups is 6. The van der Waals surface area contributed by atoms with Gasteiger partial charge < -0.3 is 59.8 Å². The van der Waals surface area contributed by atoms with Gasteiger partial charge in [-0.1, -0.05) is 66.7 Å². The molecule has 20 nitrogen and oxygen atoms in total. The highest BCUT2D eigenvalue weighted by Gasteiger charge is 2.52. The second-order valence-corrected chi connectivity index (χ2v) is 26.4. The largest absolute Gasteiger partial charge is 0.444 e. The Labute approximate surface area is 524 Å². The first kappa shape index (κ1) is 72.9. The molecular formula is C66H88F4N6O14. The third-order valence-corrected chi connectivity index (χ3v) is 13.8. The number of aliphatic hydroxyl groups is 4. The van der Waals surface area contributed by atoms with Crippen LogP contribution in [0.5, 0.6) is 0 Å². The third kappa shape index (κ3) is 22.6. The Morgan fingerprint density at radius 2 is 0.878 bits per heavy atom. The van der Waals surface area contributed by atoms with E-state index in [0.717, 1.165) is 40.3 Å². The van der Waals surface area contributed by atoms with Crippen LogP contribution in [0.15, 0.2) is 110 Å². The fourth-order valence-corrected chi connectivity index (χ4v) is 10.4. The molecule has 90 heavy (non-hydrogen) atoms. The fraction of sp³-hybridized carbons (Fsp3) is 0.515. The van der Waals surface area contributed by atoms with Gasteiger partial charge in [0, 0.05) is 38.3 Å². The van der Waals surface area contributed by atoms with Crippen LogP contribution < -0.4 is 10.6 Å². The number of hydrogen-bond acceptors (Lipinski definition) is 14. The van der Waals surface area contributed by atoms with Crippen LogP contribution in [-0.2, 0) is 54.5 Å². The summed E-state index contributed by atoms with van der Waals surface area (Å²) < 4.78 is 78.7. The molecule has 6 rings (SSSR count). The number of piperazine rings is 2. The average molecular weight is 1270 g/mol.